The molecule has 1 rings (SSSR count). The van der Waals surface area contributed by atoms with Gasteiger partial charge in [0, 0.05) is 6.42 Å². The van der Waals surface area contributed by atoms with Crippen LogP contribution in [-0.4, -0.2) is 36.1 Å². The van der Waals surface area contributed by atoms with Crippen molar-refractivity contribution in [3.8, 4) is 0 Å². The number of aliphatic carboxylic acids is 1. The predicted octanol–water partition coefficient (Wildman–Crippen LogP) is 0.209. The predicted molar refractivity (Wildman–Crippen MR) is 74.2 cm³/mol. The van der Waals surface area contributed by atoms with Crippen LogP contribution in [-0.2, 0) is 19.1 Å². The highest BCUT2D eigenvalue weighted by atomic mass is 16.5. The van der Waals surface area contributed by atoms with Crippen molar-refractivity contribution in [3.05, 3.63) is 35.9 Å². The number of amides is 1. The van der Waals surface area contributed by atoms with Crippen LogP contribution in [0.4, 0.5) is 0 Å². The van der Waals surface area contributed by atoms with Crippen molar-refractivity contribution in [2.75, 3.05) is 7.11 Å². The minimum absolute atomic E-state index is 0.0603. The van der Waals surface area contributed by atoms with Crippen LogP contribution in [0.5, 0.6) is 0 Å². The topological polar surface area (TPSA) is 119 Å². The van der Waals surface area contributed by atoms with Crippen LogP contribution in [0.3, 0.4) is 0 Å². The lowest BCUT2D eigenvalue weighted by atomic mass is 10.1. The summed E-state index contributed by atoms with van der Waals surface area (Å²) in [5.74, 6) is -2.38. The molecule has 7 nitrogen and oxygen atoms in total. The third kappa shape index (κ3) is 5.23. The molecule has 0 heterocycles. The Morgan fingerprint density at radius 3 is 2.43 bits per heavy atom. The molecule has 0 spiro atoms. The normalized spacial score (nSPS) is 13.0. The summed E-state index contributed by atoms with van der Waals surface area (Å²) in [5.41, 5.74) is 6.35. The maximum Gasteiger partial charge on any atom is 0.326 e. The number of hydrogen-bond acceptors (Lipinski definition) is 5. The van der Waals surface area contributed by atoms with Gasteiger partial charge < -0.3 is 20.9 Å². The van der Waals surface area contributed by atoms with Crippen molar-refractivity contribution in [2.45, 2.75) is 24.9 Å². The van der Waals surface area contributed by atoms with Crippen molar-refractivity contribution < 1.29 is 24.2 Å². The van der Waals surface area contributed by atoms with Gasteiger partial charge in [0.05, 0.1) is 7.11 Å². The zero-order chi connectivity index (χ0) is 15.8. The van der Waals surface area contributed by atoms with Crippen LogP contribution >= 0.6 is 0 Å². The van der Waals surface area contributed by atoms with Gasteiger partial charge in [-0.25, -0.2) is 4.79 Å². The number of hydrogen-bond donors (Lipinski definition) is 3. The molecule has 0 saturated heterocycles. The first-order valence-electron chi connectivity index (χ1n) is 6.36. The first-order valence-corrected chi connectivity index (χ1v) is 6.36. The second-order valence-electron chi connectivity index (χ2n) is 4.40. The maximum absolute atomic E-state index is 12.0. The second-order valence-corrected chi connectivity index (χ2v) is 4.40. The van der Waals surface area contributed by atoms with Gasteiger partial charge in [-0.2, -0.15) is 0 Å². The Morgan fingerprint density at radius 2 is 1.90 bits per heavy atom. The van der Waals surface area contributed by atoms with E-state index in [1.807, 2.05) is 0 Å². The molecule has 0 aliphatic carbocycles. The molecular weight excluding hydrogens is 276 g/mol. The molecule has 1 aromatic carbocycles. The summed E-state index contributed by atoms with van der Waals surface area (Å²) in [6.07, 6.45) is -0.163. The molecule has 0 radical (unpaired) electrons. The number of nitrogens with one attached hydrogen (secondary N) is 1. The second kappa shape index (κ2) is 8.01. The van der Waals surface area contributed by atoms with Gasteiger partial charge in [-0.05, 0) is 12.0 Å². The molecule has 21 heavy (non-hydrogen) atoms. The standard InChI is InChI=1S/C14H18N2O5/c1-21-11(17)8-7-10(14(19)20)16-13(18)12(15)9-5-3-2-4-6-9/h2-6,10,12H,7-8,15H2,1H3,(H,16,18)(H,19,20)/t10-,12-/m0/s1. The van der Waals surface area contributed by atoms with Gasteiger partial charge >= 0.3 is 11.9 Å². The van der Waals surface area contributed by atoms with E-state index in [-0.39, 0.29) is 12.8 Å². The molecule has 0 unspecified atom stereocenters. The van der Waals surface area contributed by atoms with Gasteiger partial charge in [0.2, 0.25) is 5.91 Å². The molecule has 0 aromatic heterocycles. The SMILES string of the molecule is COC(=O)CC[C@H](NC(=O)[C@@H](N)c1ccccc1)C(=O)O. The van der Waals surface area contributed by atoms with E-state index >= 15 is 0 Å². The number of methoxy groups -OCH3 is 1. The van der Waals surface area contributed by atoms with E-state index in [2.05, 4.69) is 10.1 Å². The van der Waals surface area contributed by atoms with Gasteiger partial charge in [0.15, 0.2) is 0 Å². The number of carbonyl (C=O) groups excluding carboxylic acids is 2. The third-order valence-corrected chi connectivity index (χ3v) is 2.92. The Labute approximate surface area is 122 Å². The molecule has 7 heteroatoms. The third-order valence-electron chi connectivity index (χ3n) is 2.92. The number of carbonyl (C=O) groups is 3. The highest BCUT2D eigenvalue weighted by Crippen LogP contribution is 2.10. The highest BCUT2D eigenvalue weighted by molar-refractivity contribution is 5.87. The lowest BCUT2D eigenvalue weighted by Gasteiger charge is -2.17. The molecule has 1 amide bonds. The van der Waals surface area contributed by atoms with Gasteiger partial charge in [0.1, 0.15) is 12.1 Å². The van der Waals surface area contributed by atoms with Crippen LogP contribution in [0.25, 0.3) is 0 Å². The number of ether oxygens (including phenoxy) is 1. The zero-order valence-corrected chi connectivity index (χ0v) is 11.6. The maximum atomic E-state index is 12.0. The van der Waals surface area contributed by atoms with Gasteiger partial charge in [-0.1, -0.05) is 30.3 Å². The van der Waals surface area contributed by atoms with Crippen LogP contribution < -0.4 is 11.1 Å². The Bertz CT molecular complexity index is 503. The largest absolute Gasteiger partial charge is 0.480 e. The molecular formula is C14H18N2O5. The Balaban J connectivity index is 2.64. The lowest BCUT2D eigenvalue weighted by molar-refractivity contribution is -0.144. The van der Waals surface area contributed by atoms with Crippen molar-refractivity contribution in [1.29, 1.82) is 0 Å². The van der Waals surface area contributed by atoms with Crippen LogP contribution in [0.2, 0.25) is 0 Å². The summed E-state index contributed by atoms with van der Waals surface area (Å²) in [6.45, 7) is 0. The molecule has 0 aliphatic heterocycles. The van der Waals surface area contributed by atoms with Crippen LogP contribution in [0.15, 0.2) is 30.3 Å². The lowest BCUT2D eigenvalue weighted by Crippen LogP contribution is -2.45. The molecule has 114 valence electrons. The van der Waals surface area contributed by atoms with E-state index in [0.717, 1.165) is 0 Å². The van der Waals surface area contributed by atoms with Crippen molar-refractivity contribution in [3.63, 3.8) is 0 Å². The van der Waals surface area contributed by atoms with Crippen LogP contribution in [0, 0.1) is 0 Å². The number of carboxylic acids is 1. The molecule has 2 atom stereocenters. The number of nitrogens with two attached hydrogens (primary N) is 1. The van der Waals surface area contributed by atoms with E-state index in [4.69, 9.17) is 10.8 Å². The molecule has 0 aliphatic rings. The van der Waals surface area contributed by atoms with Gasteiger partial charge in [0.25, 0.3) is 0 Å². The summed E-state index contributed by atoms with van der Waals surface area (Å²) < 4.78 is 4.43. The van der Waals surface area contributed by atoms with E-state index in [9.17, 15) is 14.4 Å². The zero-order valence-electron chi connectivity index (χ0n) is 11.6. The average Bonchev–Trinajstić information content (AvgIpc) is 2.50. The molecule has 0 fully saturated rings. The fraction of sp³-hybridized carbons (Fsp3) is 0.357. The summed E-state index contributed by atoms with van der Waals surface area (Å²) in [7, 11) is 1.21. The number of benzene rings is 1. The molecule has 1 aromatic rings. The molecule has 0 bridgehead atoms. The fourth-order valence-corrected chi connectivity index (χ4v) is 1.69. The monoisotopic (exact) mass is 294 g/mol. The van der Waals surface area contributed by atoms with Crippen molar-refractivity contribution in [2.24, 2.45) is 5.73 Å². The fourth-order valence-electron chi connectivity index (χ4n) is 1.69. The van der Waals surface area contributed by atoms with Crippen molar-refractivity contribution in [1.82, 2.24) is 5.32 Å². The van der Waals surface area contributed by atoms with Gasteiger partial charge in [-0.3, -0.25) is 9.59 Å². The minimum atomic E-state index is -1.23. The van der Waals surface area contributed by atoms with Crippen LogP contribution in [0.1, 0.15) is 24.4 Å². The average molecular weight is 294 g/mol. The highest BCUT2D eigenvalue weighted by Gasteiger charge is 2.24. The van der Waals surface area contributed by atoms with E-state index in [0.29, 0.717) is 5.56 Å². The Hall–Kier alpha value is -2.41. The minimum Gasteiger partial charge on any atom is -0.480 e. The summed E-state index contributed by atoms with van der Waals surface area (Å²) in [6, 6.07) is 6.44. The number of rotatable bonds is 7. The van der Waals surface area contributed by atoms with Gasteiger partial charge in [-0.15, -0.1) is 0 Å². The summed E-state index contributed by atoms with van der Waals surface area (Å²) in [5, 5.41) is 11.4. The number of carboxylic acid groups (broad SMARTS) is 1. The first-order chi connectivity index (χ1) is 9.95. The Morgan fingerprint density at radius 1 is 1.29 bits per heavy atom. The van der Waals surface area contributed by atoms with E-state index < -0.39 is 29.9 Å². The summed E-state index contributed by atoms with van der Waals surface area (Å²) >= 11 is 0. The smallest absolute Gasteiger partial charge is 0.326 e. The quantitative estimate of drug-likeness (QED) is 0.618. The molecule has 0 saturated carbocycles. The Kier molecular flexibility index (Phi) is 6.35. The van der Waals surface area contributed by atoms with Crippen molar-refractivity contribution >= 4 is 17.8 Å². The first kappa shape index (κ1) is 16.6. The van der Waals surface area contributed by atoms with E-state index in [1.54, 1.807) is 30.3 Å². The van der Waals surface area contributed by atoms with E-state index in [1.165, 1.54) is 7.11 Å². The number of esters is 1. The molecule has 4 N–H and O–H groups in total. The summed E-state index contributed by atoms with van der Waals surface area (Å²) in [4.78, 5) is 34.1.